The maximum Gasteiger partial charge on any atom is 0.172 e. The Morgan fingerprint density at radius 3 is 2.69 bits per heavy atom. The van der Waals surface area contributed by atoms with Crippen molar-refractivity contribution in [3.05, 3.63) is 28.2 Å². The molecule has 0 saturated heterocycles. The van der Waals surface area contributed by atoms with Crippen LogP contribution in [-0.2, 0) is 0 Å². The molecule has 1 heterocycles. The van der Waals surface area contributed by atoms with Crippen LogP contribution in [0.15, 0.2) is 27.2 Å². The van der Waals surface area contributed by atoms with Gasteiger partial charge in [0.25, 0.3) is 0 Å². The van der Waals surface area contributed by atoms with E-state index in [1.807, 2.05) is 25.1 Å². The molecule has 84 valence electrons. The van der Waals surface area contributed by atoms with E-state index in [1.54, 1.807) is 7.11 Å². The van der Waals surface area contributed by atoms with E-state index in [4.69, 9.17) is 15.0 Å². The molecule has 2 rings (SSSR count). The lowest BCUT2D eigenvalue weighted by molar-refractivity contribution is 0.412. The number of halogens is 1. The van der Waals surface area contributed by atoms with Crippen LogP contribution < -0.4 is 10.5 Å². The first kappa shape index (κ1) is 11.0. The molecule has 4 nitrogen and oxygen atoms in total. The van der Waals surface area contributed by atoms with E-state index in [-0.39, 0.29) is 0 Å². The maximum atomic E-state index is 5.63. The molecule has 0 aliphatic heterocycles. The van der Waals surface area contributed by atoms with Crippen molar-refractivity contribution in [2.75, 3.05) is 12.8 Å². The van der Waals surface area contributed by atoms with Crippen molar-refractivity contribution in [2.24, 2.45) is 0 Å². The fourth-order valence-corrected chi connectivity index (χ4v) is 1.97. The van der Waals surface area contributed by atoms with Gasteiger partial charge in [0.05, 0.1) is 11.6 Å². The minimum atomic E-state index is 0.418. The van der Waals surface area contributed by atoms with E-state index < -0.39 is 0 Å². The van der Waals surface area contributed by atoms with Gasteiger partial charge in [0.15, 0.2) is 11.6 Å². The van der Waals surface area contributed by atoms with Crippen LogP contribution in [-0.4, -0.2) is 12.3 Å². The van der Waals surface area contributed by atoms with Crippen molar-refractivity contribution < 1.29 is 9.26 Å². The summed E-state index contributed by atoms with van der Waals surface area (Å²) in [7, 11) is 1.62. The zero-order valence-electron chi connectivity index (χ0n) is 8.95. The Morgan fingerprint density at radius 1 is 1.44 bits per heavy atom. The molecule has 1 aromatic carbocycles. The largest absolute Gasteiger partial charge is 0.496 e. The van der Waals surface area contributed by atoms with Crippen LogP contribution >= 0.6 is 15.9 Å². The average Bonchev–Trinajstić information content (AvgIpc) is 2.60. The van der Waals surface area contributed by atoms with Crippen molar-refractivity contribution in [3.8, 4) is 17.1 Å². The normalized spacial score (nSPS) is 10.4. The van der Waals surface area contributed by atoms with Crippen LogP contribution in [0.1, 0.15) is 5.56 Å². The van der Waals surface area contributed by atoms with Crippen molar-refractivity contribution >= 4 is 21.7 Å². The number of nitrogen functional groups attached to an aromatic ring is 1. The first-order chi connectivity index (χ1) is 7.63. The summed E-state index contributed by atoms with van der Waals surface area (Å²) in [5.41, 5.74) is 7.39. The van der Waals surface area contributed by atoms with Gasteiger partial charge in [0, 0.05) is 11.1 Å². The van der Waals surface area contributed by atoms with E-state index in [1.165, 1.54) is 0 Å². The highest BCUT2D eigenvalue weighted by Gasteiger charge is 2.12. The second-order valence-electron chi connectivity index (χ2n) is 3.37. The Labute approximate surface area is 102 Å². The summed E-state index contributed by atoms with van der Waals surface area (Å²) in [5.74, 6) is 1.87. The average molecular weight is 283 g/mol. The van der Waals surface area contributed by atoms with Gasteiger partial charge in [-0.25, -0.2) is 0 Å². The van der Waals surface area contributed by atoms with Crippen LogP contribution in [0.5, 0.6) is 5.75 Å². The molecule has 2 N–H and O–H groups in total. The van der Waals surface area contributed by atoms with Gasteiger partial charge in [-0.3, -0.25) is 0 Å². The maximum absolute atomic E-state index is 5.63. The summed E-state index contributed by atoms with van der Waals surface area (Å²) in [6.07, 6.45) is 0. The van der Waals surface area contributed by atoms with Crippen molar-refractivity contribution in [1.29, 1.82) is 0 Å². The molecular weight excluding hydrogens is 272 g/mol. The standard InChI is InChI=1S/C11H11BrN2O2/c1-6-10(16-14-11(6)13)7-3-4-9(15-2)8(12)5-7/h3-5H,1-2H3,(H2,13,14). The molecule has 5 heteroatoms. The number of nitrogens with two attached hydrogens (primary N) is 1. The predicted octanol–water partition coefficient (Wildman–Crippen LogP) is 3.00. The summed E-state index contributed by atoms with van der Waals surface area (Å²) < 4.78 is 11.2. The van der Waals surface area contributed by atoms with Gasteiger partial charge in [-0.1, -0.05) is 5.16 Å². The number of aromatic nitrogens is 1. The Morgan fingerprint density at radius 2 is 2.19 bits per heavy atom. The summed E-state index contributed by atoms with van der Waals surface area (Å²) in [4.78, 5) is 0. The number of ether oxygens (including phenoxy) is 1. The Kier molecular flexibility index (Phi) is 2.87. The molecule has 1 aromatic heterocycles. The molecule has 0 aliphatic carbocycles. The van der Waals surface area contributed by atoms with Gasteiger partial charge in [-0.05, 0) is 41.1 Å². The smallest absolute Gasteiger partial charge is 0.172 e. The number of methoxy groups -OCH3 is 1. The quantitative estimate of drug-likeness (QED) is 0.920. The Bertz CT molecular complexity index is 523. The first-order valence-corrected chi connectivity index (χ1v) is 5.48. The lowest BCUT2D eigenvalue weighted by Gasteiger charge is -2.04. The fraction of sp³-hybridized carbons (Fsp3) is 0.182. The van der Waals surface area contributed by atoms with Crippen molar-refractivity contribution in [1.82, 2.24) is 5.16 Å². The fourth-order valence-electron chi connectivity index (χ4n) is 1.42. The third kappa shape index (κ3) is 1.78. The van der Waals surface area contributed by atoms with Gasteiger partial charge in [-0.2, -0.15) is 0 Å². The van der Waals surface area contributed by atoms with Crippen LogP contribution in [0, 0.1) is 6.92 Å². The van der Waals surface area contributed by atoms with Gasteiger partial charge in [0.2, 0.25) is 0 Å². The van der Waals surface area contributed by atoms with Crippen molar-refractivity contribution in [3.63, 3.8) is 0 Å². The number of nitrogens with zero attached hydrogens (tertiary/aromatic N) is 1. The Hall–Kier alpha value is -1.49. The molecule has 2 aromatic rings. The summed E-state index contributed by atoms with van der Waals surface area (Å²) >= 11 is 3.42. The highest BCUT2D eigenvalue weighted by molar-refractivity contribution is 9.10. The van der Waals surface area contributed by atoms with Gasteiger partial charge in [-0.15, -0.1) is 0 Å². The van der Waals surface area contributed by atoms with Crippen LogP contribution in [0.4, 0.5) is 5.82 Å². The summed E-state index contributed by atoms with van der Waals surface area (Å²) in [5, 5.41) is 3.72. The number of anilines is 1. The molecular formula is C11H11BrN2O2. The third-order valence-electron chi connectivity index (χ3n) is 2.37. The number of benzene rings is 1. The number of hydrogen-bond acceptors (Lipinski definition) is 4. The predicted molar refractivity (Wildman–Crippen MR) is 65.3 cm³/mol. The molecule has 0 atom stereocenters. The third-order valence-corrected chi connectivity index (χ3v) is 2.99. The monoisotopic (exact) mass is 282 g/mol. The molecule has 0 amide bonds. The van der Waals surface area contributed by atoms with Crippen LogP contribution in [0.3, 0.4) is 0 Å². The van der Waals surface area contributed by atoms with E-state index in [9.17, 15) is 0 Å². The topological polar surface area (TPSA) is 61.3 Å². The van der Waals surface area contributed by atoms with Crippen molar-refractivity contribution in [2.45, 2.75) is 6.92 Å². The molecule has 0 fully saturated rings. The first-order valence-electron chi connectivity index (χ1n) is 4.69. The second-order valence-corrected chi connectivity index (χ2v) is 4.23. The molecule has 16 heavy (non-hydrogen) atoms. The molecule has 0 aliphatic rings. The zero-order chi connectivity index (χ0) is 11.7. The van der Waals surface area contributed by atoms with E-state index >= 15 is 0 Å². The van der Waals surface area contributed by atoms with E-state index in [0.717, 1.165) is 21.3 Å². The lowest BCUT2D eigenvalue weighted by Crippen LogP contribution is -1.87. The minimum Gasteiger partial charge on any atom is -0.496 e. The van der Waals surface area contributed by atoms with Gasteiger partial charge >= 0.3 is 0 Å². The molecule has 0 saturated carbocycles. The van der Waals surface area contributed by atoms with E-state index in [0.29, 0.717) is 11.6 Å². The highest BCUT2D eigenvalue weighted by Crippen LogP contribution is 2.33. The highest BCUT2D eigenvalue weighted by atomic mass is 79.9. The van der Waals surface area contributed by atoms with Gasteiger partial charge in [0.1, 0.15) is 5.75 Å². The lowest BCUT2D eigenvalue weighted by atomic mass is 10.1. The number of hydrogen-bond donors (Lipinski definition) is 1. The summed E-state index contributed by atoms with van der Waals surface area (Å²) in [6, 6.07) is 5.67. The van der Waals surface area contributed by atoms with E-state index in [2.05, 4.69) is 21.1 Å². The molecule has 0 unspecified atom stereocenters. The molecule has 0 bridgehead atoms. The minimum absolute atomic E-state index is 0.418. The number of rotatable bonds is 2. The van der Waals surface area contributed by atoms with Crippen LogP contribution in [0.25, 0.3) is 11.3 Å². The SMILES string of the molecule is COc1ccc(-c2onc(N)c2C)cc1Br. The zero-order valence-corrected chi connectivity index (χ0v) is 10.5. The molecule has 0 spiro atoms. The Balaban J connectivity index is 2.49. The summed E-state index contributed by atoms with van der Waals surface area (Å²) in [6.45, 7) is 1.87. The van der Waals surface area contributed by atoms with Gasteiger partial charge < -0.3 is 15.0 Å². The van der Waals surface area contributed by atoms with Crippen LogP contribution in [0.2, 0.25) is 0 Å². The second kappa shape index (κ2) is 4.17. The molecule has 0 radical (unpaired) electrons.